The van der Waals surface area contributed by atoms with E-state index in [9.17, 15) is 0 Å². The minimum atomic E-state index is 0.341. The lowest BCUT2D eigenvalue weighted by Gasteiger charge is -2.24. The van der Waals surface area contributed by atoms with Crippen molar-refractivity contribution in [2.24, 2.45) is 0 Å². The van der Waals surface area contributed by atoms with Gasteiger partial charge in [0, 0.05) is 12.6 Å². The molecule has 0 amide bonds. The number of nitrogens with one attached hydrogen (secondary N) is 1. The van der Waals surface area contributed by atoms with Crippen LogP contribution >= 0.6 is 0 Å². The van der Waals surface area contributed by atoms with Crippen molar-refractivity contribution in [2.45, 2.75) is 12.5 Å². The Morgan fingerprint density at radius 3 is 2.33 bits per heavy atom. The van der Waals surface area contributed by atoms with Crippen molar-refractivity contribution in [1.82, 2.24) is 25.1 Å². The van der Waals surface area contributed by atoms with Crippen LogP contribution in [0.15, 0.2) is 60.7 Å². The molecular weight excluding hydrogens is 300 g/mol. The predicted octanol–water partition coefficient (Wildman–Crippen LogP) is 2.25. The number of rotatable bonds is 7. The number of likely N-dealkylation sites (N-methyl/N-ethyl adjacent to an activating group) is 1. The molecule has 24 heavy (non-hydrogen) atoms. The summed E-state index contributed by atoms with van der Waals surface area (Å²) in [6.07, 6.45) is 0.966. The van der Waals surface area contributed by atoms with Crippen LogP contribution in [0.3, 0.4) is 0 Å². The Labute approximate surface area is 142 Å². The monoisotopic (exact) mass is 322 g/mol. The highest BCUT2D eigenvalue weighted by molar-refractivity contribution is 5.38. The summed E-state index contributed by atoms with van der Waals surface area (Å²) in [5.74, 6) is 0.654. The standard InChI is InChI=1S/C18H22N6/c1-23(2)17(13-15-9-5-3-6-10-15)14-19-18-20-21-22-24(18)16-11-7-4-8-12-16/h3-12,17H,13-14H2,1-2H3,(H,19,20,22). The molecule has 0 aliphatic carbocycles. The van der Waals surface area contributed by atoms with Crippen molar-refractivity contribution < 1.29 is 0 Å². The number of para-hydroxylation sites is 1. The van der Waals surface area contributed by atoms with Crippen LogP contribution in [-0.2, 0) is 6.42 Å². The summed E-state index contributed by atoms with van der Waals surface area (Å²) in [5.41, 5.74) is 2.26. The van der Waals surface area contributed by atoms with E-state index in [1.54, 1.807) is 4.68 Å². The zero-order chi connectivity index (χ0) is 16.8. The van der Waals surface area contributed by atoms with E-state index >= 15 is 0 Å². The quantitative estimate of drug-likeness (QED) is 0.723. The summed E-state index contributed by atoms with van der Waals surface area (Å²) < 4.78 is 1.72. The van der Waals surface area contributed by atoms with E-state index in [0.717, 1.165) is 18.7 Å². The molecular formula is C18H22N6. The molecule has 0 spiro atoms. The third kappa shape index (κ3) is 3.97. The number of aromatic nitrogens is 4. The lowest BCUT2D eigenvalue weighted by atomic mass is 10.1. The average molecular weight is 322 g/mol. The van der Waals surface area contributed by atoms with E-state index in [1.807, 2.05) is 36.4 Å². The number of nitrogens with zero attached hydrogens (tertiary/aromatic N) is 5. The average Bonchev–Trinajstić information content (AvgIpc) is 3.08. The highest BCUT2D eigenvalue weighted by Gasteiger charge is 2.14. The summed E-state index contributed by atoms with van der Waals surface area (Å²) in [6.45, 7) is 0.759. The second-order valence-electron chi connectivity index (χ2n) is 5.94. The molecule has 1 N–H and O–H groups in total. The lowest BCUT2D eigenvalue weighted by Crippen LogP contribution is -2.36. The van der Waals surface area contributed by atoms with Gasteiger partial charge in [-0.1, -0.05) is 53.6 Å². The normalized spacial score (nSPS) is 12.3. The van der Waals surface area contributed by atoms with Gasteiger partial charge in [-0.25, -0.2) is 0 Å². The molecule has 3 aromatic rings. The summed E-state index contributed by atoms with van der Waals surface area (Å²) >= 11 is 0. The van der Waals surface area contributed by atoms with Gasteiger partial charge in [-0.15, -0.1) is 0 Å². The first kappa shape index (κ1) is 16.1. The van der Waals surface area contributed by atoms with Crippen LogP contribution in [0.1, 0.15) is 5.56 Å². The first-order valence-electron chi connectivity index (χ1n) is 8.02. The van der Waals surface area contributed by atoms with Gasteiger partial charge in [0.2, 0.25) is 5.95 Å². The van der Waals surface area contributed by atoms with Crippen molar-refractivity contribution in [2.75, 3.05) is 26.0 Å². The van der Waals surface area contributed by atoms with E-state index in [-0.39, 0.29) is 0 Å². The summed E-state index contributed by atoms with van der Waals surface area (Å²) in [4.78, 5) is 2.22. The van der Waals surface area contributed by atoms with Gasteiger partial charge in [0.1, 0.15) is 0 Å². The van der Waals surface area contributed by atoms with Crippen LogP contribution in [0, 0.1) is 0 Å². The van der Waals surface area contributed by atoms with Crippen LogP contribution in [0.5, 0.6) is 0 Å². The highest BCUT2D eigenvalue weighted by atomic mass is 15.6. The largest absolute Gasteiger partial charge is 0.351 e. The topological polar surface area (TPSA) is 58.9 Å². The maximum absolute atomic E-state index is 4.10. The molecule has 1 aromatic heterocycles. The Hall–Kier alpha value is -2.73. The lowest BCUT2D eigenvalue weighted by molar-refractivity contribution is 0.303. The molecule has 6 nitrogen and oxygen atoms in total. The molecule has 0 radical (unpaired) electrons. The molecule has 0 saturated heterocycles. The first-order chi connectivity index (χ1) is 11.7. The third-order valence-corrected chi connectivity index (χ3v) is 4.01. The Balaban J connectivity index is 1.69. The van der Waals surface area contributed by atoms with Gasteiger partial charge in [-0.2, -0.15) is 4.68 Å². The van der Waals surface area contributed by atoms with Crippen LogP contribution in [0.4, 0.5) is 5.95 Å². The van der Waals surface area contributed by atoms with Crippen LogP contribution in [0.2, 0.25) is 0 Å². The minimum Gasteiger partial charge on any atom is -0.351 e. The number of anilines is 1. The fourth-order valence-corrected chi connectivity index (χ4v) is 2.57. The maximum Gasteiger partial charge on any atom is 0.247 e. The Morgan fingerprint density at radius 1 is 1.00 bits per heavy atom. The molecule has 1 atom stereocenters. The van der Waals surface area contributed by atoms with Gasteiger partial charge < -0.3 is 10.2 Å². The molecule has 6 heteroatoms. The van der Waals surface area contributed by atoms with Gasteiger partial charge >= 0.3 is 0 Å². The minimum absolute atomic E-state index is 0.341. The Morgan fingerprint density at radius 2 is 1.67 bits per heavy atom. The second kappa shape index (κ2) is 7.70. The number of tetrazole rings is 1. The summed E-state index contributed by atoms with van der Waals surface area (Å²) in [5, 5.41) is 15.3. The molecule has 1 heterocycles. The van der Waals surface area contributed by atoms with Gasteiger partial charge in [0.05, 0.1) is 5.69 Å². The summed E-state index contributed by atoms with van der Waals surface area (Å²) in [7, 11) is 4.19. The first-order valence-corrected chi connectivity index (χ1v) is 8.02. The molecule has 124 valence electrons. The van der Waals surface area contributed by atoms with Crippen molar-refractivity contribution in [3.8, 4) is 5.69 Å². The fraction of sp³-hybridized carbons (Fsp3) is 0.278. The zero-order valence-electron chi connectivity index (χ0n) is 14.0. The highest BCUT2D eigenvalue weighted by Crippen LogP contribution is 2.12. The SMILES string of the molecule is CN(C)C(CNc1nnnn1-c1ccccc1)Cc1ccccc1. The van der Waals surface area contributed by atoms with Crippen LogP contribution < -0.4 is 5.32 Å². The molecule has 1 unspecified atom stereocenters. The molecule has 0 fully saturated rings. The summed E-state index contributed by atoms with van der Waals surface area (Å²) in [6, 6.07) is 20.7. The number of hydrogen-bond donors (Lipinski definition) is 1. The molecule has 3 rings (SSSR count). The molecule has 0 aliphatic rings. The van der Waals surface area contributed by atoms with Crippen LogP contribution in [0.25, 0.3) is 5.69 Å². The van der Waals surface area contributed by atoms with Gasteiger partial charge in [-0.05, 0) is 48.6 Å². The van der Waals surface area contributed by atoms with E-state index in [4.69, 9.17) is 0 Å². The second-order valence-corrected chi connectivity index (χ2v) is 5.94. The van der Waals surface area contributed by atoms with Gasteiger partial charge in [-0.3, -0.25) is 0 Å². The van der Waals surface area contributed by atoms with Crippen molar-refractivity contribution in [3.05, 3.63) is 66.2 Å². The van der Waals surface area contributed by atoms with Gasteiger partial charge in [0.15, 0.2) is 0 Å². The third-order valence-electron chi connectivity index (χ3n) is 4.01. The number of hydrogen-bond acceptors (Lipinski definition) is 5. The maximum atomic E-state index is 4.10. The van der Waals surface area contributed by atoms with E-state index in [0.29, 0.717) is 12.0 Å². The Kier molecular flexibility index (Phi) is 5.18. The van der Waals surface area contributed by atoms with E-state index < -0.39 is 0 Å². The van der Waals surface area contributed by atoms with E-state index in [1.165, 1.54) is 5.56 Å². The molecule has 0 aliphatic heterocycles. The predicted molar refractivity (Wildman–Crippen MR) is 95.3 cm³/mol. The smallest absolute Gasteiger partial charge is 0.247 e. The zero-order valence-corrected chi connectivity index (χ0v) is 14.0. The molecule has 2 aromatic carbocycles. The van der Waals surface area contributed by atoms with Crippen molar-refractivity contribution in [3.63, 3.8) is 0 Å². The van der Waals surface area contributed by atoms with E-state index in [2.05, 4.69) is 64.1 Å². The number of benzene rings is 2. The molecule has 0 saturated carbocycles. The van der Waals surface area contributed by atoms with Crippen molar-refractivity contribution >= 4 is 5.95 Å². The van der Waals surface area contributed by atoms with Crippen molar-refractivity contribution in [1.29, 1.82) is 0 Å². The molecule has 0 bridgehead atoms. The van der Waals surface area contributed by atoms with Crippen LogP contribution in [-0.4, -0.2) is 51.8 Å². The fourth-order valence-electron chi connectivity index (χ4n) is 2.57. The Bertz CT molecular complexity index is 738. The van der Waals surface area contributed by atoms with Gasteiger partial charge in [0.25, 0.3) is 0 Å².